The number of β-amino-alcohol motifs (C(OH)–C–C–N with tert-alkyl or cyclic N) is 1. The fourth-order valence-electron chi connectivity index (χ4n) is 1.32. The molecular weight excluding hydrogens is 304 g/mol. The molecule has 1 aromatic carbocycles. The predicted octanol–water partition coefficient (Wildman–Crippen LogP) is 3.11. The van der Waals surface area contributed by atoms with Gasteiger partial charge in [0.05, 0.1) is 16.8 Å². The van der Waals surface area contributed by atoms with E-state index in [9.17, 15) is 5.11 Å². The molecule has 0 amide bonds. The van der Waals surface area contributed by atoms with Crippen LogP contribution in [-0.4, -0.2) is 17.2 Å². The minimum absolute atomic E-state index is 0.0319. The van der Waals surface area contributed by atoms with Gasteiger partial charge >= 0.3 is 0 Å². The van der Waals surface area contributed by atoms with Crippen molar-refractivity contribution in [3.05, 3.63) is 27.2 Å². The van der Waals surface area contributed by atoms with Crippen molar-refractivity contribution < 1.29 is 5.11 Å². The molecule has 0 aromatic heterocycles. The number of rotatable bonds is 3. The average Bonchev–Trinajstić information content (AvgIpc) is 2.20. The maximum absolute atomic E-state index is 10.0. The molecule has 0 bridgehead atoms. The molecule has 0 heterocycles. The van der Waals surface area contributed by atoms with E-state index >= 15 is 0 Å². The molecule has 5 heteroatoms. The maximum Gasteiger partial charge on any atom is 0.0915 e. The van der Waals surface area contributed by atoms with E-state index in [4.69, 9.17) is 17.3 Å². The van der Waals surface area contributed by atoms with Crippen molar-refractivity contribution in [3.8, 4) is 0 Å². The summed E-state index contributed by atoms with van der Waals surface area (Å²) in [6.07, 6.45) is -0.608. The van der Waals surface area contributed by atoms with E-state index in [1.165, 1.54) is 0 Å². The summed E-state index contributed by atoms with van der Waals surface area (Å²) in [6, 6.07) is 3.48. The summed E-state index contributed by atoms with van der Waals surface area (Å²) in [5.41, 5.74) is 6.92. The molecule has 3 nitrogen and oxygen atoms in total. The Morgan fingerprint density at radius 2 is 2.06 bits per heavy atom. The summed E-state index contributed by atoms with van der Waals surface area (Å²) in [6.45, 7) is 6.61. The number of nitrogens with one attached hydrogen (secondary N) is 1. The van der Waals surface area contributed by atoms with E-state index in [2.05, 4.69) is 21.2 Å². The van der Waals surface area contributed by atoms with Gasteiger partial charge in [-0.25, -0.2) is 0 Å². The third-order valence-corrected chi connectivity index (χ3v) is 3.28. The van der Waals surface area contributed by atoms with Crippen LogP contribution < -0.4 is 11.1 Å². The van der Waals surface area contributed by atoms with Gasteiger partial charge in [-0.15, -0.1) is 0 Å². The molecule has 0 aliphatic rings. The Morgan fingerprint density at radius 1 is 1.47 bits per heavy atom. The van der Waals surface area contributed by atoms with Gasteiger partial charge < -0.3 is 16.2 Å². The second-order valence-corrected chi connectivity index (χ2v) is 6.31. The van der Waals surface area contributed by atoms with Gasteiger partial charge in [0.25, 0.3) is 0 Å². The third kappa shape index (κ3) is 4.47. The Balaban J connectivity index is 2.79. The van der Waals surface area contributed by atoms with Crippen LogP contribution in [0.1, 0.15) is 32.4 Å². The van der Waals surface area contributed by atoms with E-state index < -0.39 is 6.10 Å². The number of anilines is 1. The number of nitrogens with two attached hydrogens (primary N) is 1. The lowest BCUT2D eigenvalue weighted by molar-refractivity contribution is 0.163. The molecule has 0 aliphatic carbocycles. The third-order valence-electron chi connectivity index (χ3n) is 2.31. The SMILES string of the molecule is CC(C)(C)NC[C@@H](O)c1cc(Cl)c(N)c(Br)c1. The number of benzene rings is 1. The van der Waals surface area contributed by atoms with Gasteiger partial charge in [-0.1, -0.05) is 11.6 Å². The molecule has 1 rings (SSSR count). The largest absolute Gasteiger partial charge is 0.397 e. The van der Waals surface area contributed by atoms with E-state index in [1.807, 2.05) is 20.8 Å². The molecule has 0 spiro atoms. The monoisotopic (exact) mass is 320 g/mol. The molecule has 96 valence electrons. The summed E-state index contributed by atoms with van der Waals surface area (Å²) in [5, 5.41) is 13.7. The van der Waals surface area contributed by atoms with Crippen LogP contribution in [0.2, 0.25) is 5.02 Å². The molecule has 0 saturated carbocycles. The van der Waals surface area contributed by atoms with Gasteiger partial charge in [0.1, 0.15) is 0 Å². The summed E-state index contributed by atoms with van der Waals surface area (Å²) in [4.78, 5) is 0. The highest BCUT2D eigenvalue weighted by molar-refractivity contribution is 9.10. The van der Waals surface area contributed by atoms with Crippen molar-refractivity contribution in [3.63, 3.8) is 0 Å². The van der Waals surface area contributed by atoms with Gasteiger partial charge in [-0.05, 0) is 54.4 Å². The quantitative estimate of drug-likeness (QED) is 0.750. The first-order chi connectivity index (χ1) is 7.70. The Bertz CT molecular complexity index is 381. The second kappa shape index (κ2) is 5.57. The van der Waals surface area contributed by atoms with Crippen LogP contribution in [0, 0.1) is 0 Å². The lowest BCUT2D eigenvalue weighted by Gasteiger charge is -2.23. The summed E-state index contributed by atoms with van der Waals surface area (Å²) in [7, 11) is 0. The van der Waals surface area contributed by atoms with Crippen LogP contribution >= 0.6 is 27.5 Å². The van der Waals surface area contributed by atoms with Crippen LogP contribution in [0.3, 0.4) is 0 Å². The van der Waals surface area contributed by atoms with Crippen LogP contribution in [-0.2, 0) is 0 Å². The van der Waals surface area contributed by atoms with Crippen molar-refractivity contribution in [2.24, 2.45) is 0 Å². The molecule has 0 saturated heterocycles. The number of aliphatic hydroxyl groups is 1. The molecule has 0 unspecified atom stereocenters. The maximum atomic E-state index is 10.0. The average molecular weight is 322 g/mol. The van der Waals surface area contributed by atoms with Crippen molar-refractivity contribution in [1.29, 1.82) is 0 Å². The van der Waals surface area contributed by atoms with Gasteiger partial charge in [-0.3, -0.25) is 0 Å². The van der Waals surface area contributed by atoms with E-state index in [0.29, 0.717) is 21.7 Å². The highest BCUT2D eigenvalue weighted by Crippen LogP contribution is 2.31. The zero-order valence-electron chi connectivity index (χ0n) is 10.2. The van der Waals surface area contributed by atoms with Gasteiger partial charge in [0.2, 0.25) is 0 Å². The summed E-state index contributed by atoms with van der Waals surface area (Å²) < 4.78 is 0.704. The van der Waals surface area contributed by atoms with Crippen LogP contribution in [0.25, 0.3) is 0 Å². The van der Waals surface area contributed by atoms with Crippen LogP contribution in [0.5, 0.6) is 0 Å². The predicted molar refractivity (Wildman–Crippen MR) is 76.3 cm³/mol. The molecule has 0 radical (unpaired) electrons. The zero-order chi connectivity index (χ0) is 13.2. The smallest absolute Gasteiger partial charge is 0.0915 e. The number of hydrogen-bond donors (Lipinski definition) is 3. The minimum atomic E-state index is -0.608. The lowest BCUT2D eigenvalue weighted by Crippen LogP contribution is -2.38. The minimum Gasteiger partial charge on any atom is -0.397 e. The van der Waals surface area contributed by atoms with Crippen molar-refractivity contribution in [2.75, 3.05) is 12.3 Å². The van der Waals surface area contributed by atoms with E-state index in [1.54, 1.807) is 12.1 Å². The van der Waals surface area contributed by atoms with Crippen molar-refractivity contribution >= 4 is 33.2 Å². The molecule has 1 aromatic rings. The first kappa shape index (κ1) is 14.8. The Hall–Kier alpha value is -0.290. The van der Waals surface area contributed by atoms with E-state index in [-0.39, 0.29) is 5.54 Å². The molecule has 0 fully saturated rings. The fourth-order valence-corrected chi connectivity index (χ4v) is 2.14. The van der Waals surface area contributed by atoms with Crippen molar-refractivity contribution in [1.82, 2.24) is 5.32 Å². The van der Waals surface area contributed by atoms with Crippen LogP contribution in [0.15, 0.2) is 16.6 Å². The Morgan fingerprint density at radius 3 is 2.53 bits per heavy atom. The topological polar surface area (TPSA) is 58.3 Å². The molecular formula is C12H18BrClN2O. The van der Waals surface area contributed by atoms with E-state index in [0.717, 1.165) is 5.56 Å². The number of nitrogen functional groups attached to an aromatic ring is 1. The number of halogens is 2. The molecule has 0 aliphatic heterocycles. The fraction of sp³-hybridized carbons (Fsp3) is 0.500. The first-order valence-corrected chi connectivity index (χ1v) is 6.55. The number of hydrogen-bond acceptors (Lipinski definition) is 3. The van der Waals surface area contributed by atoms with Crippen molar-refractivity contribution in [2.45, 2.75) is 32.4 Å². The number of aliphatic hydroxyl groups excluding tert-OH is 1. The van der Waals surface area contributed by atoms with Gasteiger partial charge in [0.15, 0.2) is 0 Å². The molecule has 17 heavy (non-hydrogen) atoms. The normalized spacial score (nSPS) is 13.8. The molecule has 1 atom stereocenters. The Kier molecular flexibility index (Phi) is 4.84. The lowest BCUT2D eigenvalue weighted by atomic mass is 10.1. The zero-order valence-corrected chi connectivity index (χ0v) is 12.6. The first-order valence-electron chi connectivity index (χ1n) is 5.38. The van der Waals surface area contributed by atoms with Gasteiger partial charge in [-0.2, -0.15) is 0 Å². The highest BCUT2D eigenvalue weighted by atomic mass is 79.9. The standard InChI is InChI=1S/C12H18BrClN2O/c1-12(2,3)16-6-10(17)7-4-8(13)11(15)9(14)5-7/h4-5,10,16-17H,6,15H2,1-3H3/t10-/m1/s1. The summed E-state index contributed by atoms with van der Waals surface area (Å²) in [5.74, 6) is 0. The second-order valence-electron chi connectivity index (χ2n) is 5.04. The Labute approximate surface area is 115 Å². The van der Waals surface area contributed by atoms with Crippen LogP contribution in [0.4, 0.5) is 5.69 Å². The highest BCUT2D eigenvalue weighted by Gasteiger charge is 2.15. The molecule has 4 N–H and O–H groups in total. The van der Waals surface area contributed by atoms with Gasteiger partial charge in [0, 0.05) is 16.6 Å². The summed E-state index contributed by atoms with van der Waals surface area (Å²) >= 11 is 9.28.